The molecule has 2 heterocycles. The van der Waals surface area contributed by atoms with Crippen LogP contribution in [-0.4, -0.2) is 29.7 Å². The minimum atomic E-state index is -3.69. The molecule has 0 fully saturated rings. The third-order valence-electron chi connectivity index (χ3n) is 6.13. The molecule has 35 heavy (non-hydrogen) atoms. The maximum Gasteiger partial charge on any atom is 0.279 e. The molecule has 0 N–H and O–H groups in total. The summed E-state index contributed by atoms with van der Waals surface area (Å²) in [6, 6.07) is 18.5. The van der Waals surface area contributed by atoms with Crippen molar-refractivity contribution in [1.82, 2.24) is 8.87 Å². The number of aryl methyl sites for hydroxylation is 1. The first-order valence-electron chi connectivity index (χ1n) is 11.4. The highest BCUT2D eigenvalue weighted by Gasteiger charge is 2.28. The molecule has 6 nitrogen and oxygen atoms in total. The third kappa shape index (κ3) is 4.47. The molecule has 1 amide bonds. The molecule has 9 heteroatoms. The van der Waals surface area contributed by atoms with E-state index in [0.29, 0.717) is 36.4 Å². The van der Waals surface area contributed by atoms with Gasteiger partial charge in [-0.15, -0.1) is 0 Å². The first-order chi connectivity index (χ1) is 16.9. The zero-order valence-electron chi connectivity index (χ0n) is 19.1. The molecule has 180 valence electrons. The number of nitrogens with zero attached hydrogens (tertiary/aromatic N) is 3. The van der Waals surface area contributed by atoms with Crippen LogP contribution in [0.3, 0.4) is 0 Å². The van der Waals surface area contributed by atoms with Crippen molar-refractivity contribution in [3.05, 3.63) is 94.0 Å². The van der Waals surface area contributed by atoms with Crippen LogP contribution in [0.5, 0.6) is 0 Å². The molecule has 1 aliphatic heterocycles. The summed E-state index contributed by atoms with van der Waals surface area (Å²) in [5, 5.41) is 0. The zero-order valence-corrected chi connectivity index (χ0v) is 20.8. The van der Waals surface area contributed by atoms with Gasteiger partial charge in [-0.25, -0.2) is 12.8 Å². The van der Waals surface area contributed by atoms with E-state index in [9.17, 15) is 17.6 Å². The van der Waals surface area contributed by atoms with Gasteiger partial charge in [0.2, 0.25) is 10.0 Å². The number of aromatic nitrogens is 1. The van der Waals surface area contributed by atoms with Crippen LogP contribution in [0.1, 0.15) is 34.8 Å². The van der Waals surface area contributed by atoms with Gasteiger partial charge in [0.25, 0.3) is 5.91 Å². The van der Waals surface area contributed by atoms with Gasteiger partial charge in [0, 0.05) is 25.2 Å². The predicted octanol–water partition coefficient (Wildman–Crippen LogP) is 4.74. The monoisotopic (exact) mass is 509 g/mol. The normalized spacial score (nSPS) is 14.9. The molecule has 0 saturated heterocycles. The van der Waals surface area contributed by atoms with Crippen LogP contribution in [0.2, 0.25) is 0 Å². The highest BCUT2D eigenvalue weighted by molar-refractivity contribution is 7.89. The Kier molecular flexibility index (Phi) is 6.39. The lowest BCUT2D eigenvalue weighted by molar-refractivity contribution is 0.0997. The van der Waals surface area contributed by atoms with Crippen molar-refractivity contribution in [2.24, 2.45) is 4.99 Å². The van der Waals surface area contributed by atoms with E-state index in [1.54, 1.807) is 16.7 Å². The molecule has 3 aromatic carbocycles. The molecule has 5 rings (SSSR count). The number of hydrogen-bond acceptors (Lipinski definition) is 4. The van der Waals surface area contributed by atoms with Gasteiger partial charge in [0.15, 0.2) is 4.80 Å². The number of carbonyl (C=O) groups excluding carboxylic acids is 1. The fourth-order valence-corrected chi connectivity index (χ4v) is 6.84. The van der Waals surface area contributed by atoms with Gasteiger partial charge in [0.05, 0.1) is 15.1 Å². The van der Waals surface area contributed by atoms with Crippen LogP contribution in [0.4, 0.5) is 4.39 Å². The summed E-state index contributed by atoms with van der Waals surface area (Å²) in [5.74, 6) is -0.853. The number of carbonyl (C=O) groups is 1. The molecular weight excluding hydrogens is 485 g/mol. The summed E-state index contributed by atoms with van der Waals surface area (Å²) >= 11 is 1.25. The van der Waals surface area contributed by atoms with Gasteiger partial charge in [-0.2, -0.15) is 9.30 Å². The van der Waals surface area contributed by atoms with Crippen LogP contribution in [0.25, 0.3) is 10.2 Å². The predicted molar refractivity (Wildman–Crippen MR) is 134 cm³/mol. The molecule has 0 aliphatic carbocycles. The first-order valence-corrected chi connectivity index (χ1v) is 13.7. The number of amides is 1. The van der Waals surface area contributed by atoms with Crippen LogP contribution in [-0.2, 0) is 29.5 Å². The molecule has 0 radical (unpaired) electrons. The Morgan fingerprint density at radius 1 is 1.03 bits per heavy atom. The molecule has 0 atom stereocenters. The van der Waals surface area contributed by atoms with E-state index in [2.05, 4.69) is 4.99 Å². The van der Waals surface area contributed by atoms with Gasteiger partial charge in [-0.05, 0) is 60.4 Å². The van der Waals surface area contributed by atoms with E-state index in [4.69, 9.17) is 0 Å². The van der Waals surface area contributed by atoms with Crippen molar-refractivity contribution in [2.45, 2.75) is 37.8 Å². The number of para-hydroxylation sites is 1. The fraction of sp³-hybridized carbons (Fsp3) is 0.231. The molecular formula is C26H24FN3O3S2. The van der Waals surface area contributed by atoms with E-state index >= 15 is 0 Å². The lowest BCUT2D eigenvalue weighted by atomic mass is 10.0. The van der Waals surface area contributed by atoms with Crippen molar-refractivity contribution in [1.29, 1.82) is 0 Å². The SMILES string of the molecule is CCCn1c(=NC(=O)c2ccc(S(=O)(=O)N3CCc4ccccc4C3)cc2)sc2cccc(F)c21. The maximum absolute atomic E-state index is 14.4. The molecule has 0 saturated carbocycles. The van der Waals surface area contributed by atoms with Gasteiger partial charge >= 0.3 is 0 Å². The molecule has 0 unspecified atom stereocenters. The number of thiazole rings is 1. The van der Waals surface area contributed by atoms with E-state index in [0.717, 1.165) is 16.7 Å². The van der Waals surface area contributed by atoms with Crippen LogP contribution in [0.15, 0.2) is 76.6 Å². The van der Waals surface area contributed by atoms with Crippen molar-refractivity contribution in [3.8, 4) is 0 Å². The molecule has 1 aromatic heterocycles. The Hall–Kier alpha value is -3.14. The quantitative estimate of drug-likeness (QED) is 0.390. The second kappa shape index (κ2) is 9.49. The van der Waals surface area contributed by atoms with Gasteiger partial charge < -0.3 is 4.57 Å². The summed E-state index contributed by atoms with van der Waals surface area (Å²) < 4.78 is 44.7. The first kappa shape index (κ1) is 23.6. The molecule has 0 bridgehead atoms. The minimum absolute atomic E-state index is 0.137. The zero-order chi connectivity index (χ0) is 24.6. The molecule has 4 aromatic rings. The Bertz CT molecular complexity index is 1590. The summed E-state index contributed by atoms with van der Waals surface area (Å²) in [7, 11) is -3.69. The number of halogens is 1. The Morgan fingerprint density at radius 2 is 1.77 bits per heavy atom. The number of hydrogen-bond donors (Lipinski definition) is 0. The lowest BCUT2D eigenvalue weighted by Gasteiger charge is -2.28. The Balaban J connectivity index is 1.42. The maximum atomic E-state index is 14.4. The lowest BCUT2D eigenvalue weighted by Crippen LogP contribution is -2.35. The number of benzene rings is 3. The second-order valence-corrected chi connectivity index (χ2v) is 11.4. The topological polar surface area (TPSA) is 71.7 Å². The fourth-order valence-electron chi connectivity index (χ4n) is 4.35. The highest BCUT2D eigenvalue weighted by Crippen LogP contribution is 2.25. The third-order valence-corrected chi connectivity index (χ3v) is 9.03. The van der Waals surface area contributed by atoms with Gasteiger partial charge in [-0.3, -0.25) is 4.79 Å². The summed E-state index contributed by atoms with van der Waals surface area (Å²) in [5.41, 5.74) is 2.89. The smallest absolute Gasteiger partial charge is 0.279 e. The average molecular weight is 510 g/mol. The number of sulfonamides is 1. The number of fused-ring (bicyclic) bond motifs is 2. The highest BCUT2D eigenvalue weighted by atomic mass is 32.2. The van der Waals surface area contributed by atoms with Crippen LogP contribution >= 0.6 is 11.3 Å². The van der Waals surface area contributed by atoms with Crippen molar-refractivity contribution in [2.75, 3.05) is 6.54 Å². The molecule has 0 spiro atoms. The summed E-state index contributed by atoms with van der Waals surface area (Å²) in [6.45, 7) is 3.25. The summed E-state index contributed by atoms with van der Waals surface area (Å²) in [6.07, 6.45) is 1.42. The van der Waals surface area contributed by atoms with E-state index in [1.165, 1.54) is 51.5 Å². The van der Waals surface area contributed by atoms with Crippen molar-refractivity contribution >= 4 is 37.5 Å². The molecule has 1 aliphatic rings. The largest absolute Gasteiger partial charge is 0.314 e. The average Bonchev–Trinajstić information content (AvgIpc) is 3.22. The Labute approximate surface area is 207 Å². The summed E-state index contributed by atoms with van der Waals surface area (Å²) in [4.78, 5) is 17.7. The Morgan fingerprint density at radius 3 is 2.51 bits per heavy atom. The van der Waals surface area contributed by atoms with E-state index in [-0.39, 0.29) is 16.3 Å². The van der Waals surface area contributed by atoms with Gasteiger partial charge in [0.1, 0.15) is 5.82 Å². The van der Waals surface area contributed by atoms with Crippen LogP contribution in [0, 0.1) is 5.82 Å². The van der Waals surface area contributed by atoms with Crippen LogP contribution < -0.4 is 4.80 Å². The number of rotatable bonds is 5. The minimum Gasteiger partial charge on any atom is -0.314 e. The standard InChI is InChI=1S/C26H24FN3O3S2/c1-2-15-30-24-22(27)8-5-9-23(24)34-26(30)28-25(31)19-10-12-21(13-11-19)35(32,33)29-16-14-18-6-3-4-7-20(18)17-29/h3-13H,2,14-17H2,1H3. The van der Waals surface area contributed by atoms with Crippen molar-refractivity contribution in [3.63, 3.8) is 0 Å². The van der Waals surface area contributed by atoms with Gasteiger partial charge in [-0.1, -0.05) is 48.6 Å². The van der Waals surface area contributed by atoms with E-state index in [1.807, 2.05) is 31.2 Å². The second-order valence-electron chi connectivity index (χ2n) is 8.42. The van der Waals surface area contributed by atoms with Crippen molar-refractivity contribution < 1.29 is 17.6 Å². The van der Waals surface area contributed by atoms with E-state index < -0.39 is 15.9 Å².